The molecule has 0 aliphatic carbocycles. The molecule has 0 saturated carbocycles. The minimum atomic E-state index is 0.928. The Morgan fingerprint density at radius 2 is 1.89 bits per heavy atom. The van der Waals surface area contributed by atoms with Crippen molar-refractivity contribution in [2.75, 3.05) is 0 Å². The van der Waals surface area contributed by atoms with Crippen molar-refractivity contribution in [3.05, 3.63) is 53.5 Å². The minimum absolute atomic E-state index is 0.928. The van der Waals surface area contributed by atoms with E-state index in [2.05, 4.69) is 42.0 Å². The Morgan fingerprint density at radius 3 is 2.56 bits per heavy atom. The van der Waals surface area contributed by atoms with Crippen LogP contribution in [0.1, 0.15) is 30.7 Å². The van der Waals surface area contributed by atoms with Gasteiger partial charge in [0.05, 0.1) is 23.8 Å². The molecule has 1 aromatic heterocycles. The summed E-state index contributed by atoms with van der Waals surface area (Å²) in [5.74, 6) is 0. The largest absolute Gasteiger partial charge is 0.260 e. The van der Waals surface area contributed by atoms with Gasteiger partial charge in [-0.15, -0.1) is 0 Å². The Balaban J connectivity index is 2.48. The molecule has 0 atom stereocenters. The van der Waals surface area contributed by atoms with Gasteiger partial charge in [0.2, 0.25) is 0 Å². The second kappa shape index (κ2) is 5.13. The van der Waals surface area contributed by atoms with E-state index < -0.39 is 0 Å². The molecule has 0 bridgehead atoms. The predicted octanol–water partition coefficient (Wildman–Crippen LogP) is 4.18. The maximum atomic E-state index is 4.65. The number of aryl methyl sites for hydroxylation is 2. The van der Waals surface area contributed by atoms with Crippen LogP contribution in [0.2, 0.25) is 0 Å². The molecule has 0 N–H and O–H groups in total. The zero-order valence-corrected chi connectivity index (χ0v) is 11.4. The minimum Gasteiger partial charge on any atom is -0.260 e. The van der Waals surface area contributed by atoms with Gasteiger partial charge in [0.1, 0.15) is 0 Å². The molecule has 0 unspecified atom stereocenters. The molecule has 2 aromatic rings. The molecule has 0 saturated heterocycles. The molecule has 0 aliphatic rings. The molecule has 2 heteroatoms. The molecule has 0 spiro atoms. The SMILES string of the molecule is CC=C(C)c1cncc(-c2ccc(C)c(C)c2)n1. The first kappa shape index (κ1) is 12.5. The summed E-state index contributed by atoms with van der Waals surface area (Å²) in [6.07, 6.45) is 5.67. The zero-order valence-electron chi connectivity index (χ0n) is 11.4. The maximum Gasteiger partial charge on any atom is 0.0892 e. The van der Waals surface area contributed by atoms with Crippen molar-refractivity contribution in [2.24, 2.45) is 0 Å². The standard InChI is InChI=1S/C16H18N2/c1-5-11(2)15-9-17-10-16(18-15)14-7-6-12(3)13(4)8-14/h5-10H,1-4H3. The first-order chi connectivity index (χ1) is 8.61. The fourth-order valence-corrected chi connectivity index (χ4v) is 1.74. The number of hydrogen-bond donors (Lipinski definition) is 0. The van der Waals surface area contributed by atoms with Crippen LogP contribution in [0.5, 0.6) is 0 Å². The van der Waals surface area contributed by atoms with E-state index >= 15 is 0 Å². The molecule has 0 amide bonds. The van der Waals surface area contributed by atoms with Crippen LogP contribution in [0.4, 0.5) is 0 Å². The molecule has 92 valence electrons. The van der Waals surface area contributed by atoms with E-state index in [-0.39, 0.29) is 0 Å². The molecule has 2 rings (SSSR count). The Labute approximate surface area is 108 Å². The van der Waals surface area contributed by atoms with E-state index in [1.54, 1.807) is 6.20 Å². The van der Waals surface area contributed by atoms with Gasteiger partial charge in [0.25, 0.3) is 0 Å². The second-order valence-corrected chi connectivity index (χ2v) is 4.56. The van der Waals surface area contributed by atoms with Crippen molar-refractivity contribution < 1.29 is 0 Å². The summed E-state index contributed by atoms with van der Waals surface area (Å²) in [7, 11) is 0. The van der Waals surface area contributed by atoms with Crippen LogP contribution >= 0.6 is 0 Å². The lowest BCUT2D eigenvalue weighted by Gasteiger charge is -2.06. The van der Waals surface area contributed by atoms with E-state index in [0.717, 1.165) is 22.5 Å². The second-order valence-electron chi connectivity index (χ2n) is 4.56. The summed E-state index contributed by atoms with van der Waals surface area (Å²) in [6.45, 7) is 8.30. The van der Waals surface area contributed by atoms with E-state index in [1.807, 2.05) is 26.1 Å². The number of nitrogens with zero attached hydrogens (tertiary/aromatic N) is 2. The van der Waals surface area contributed by atoms with Gasteiger partial charge in [0.15, 0.2) is 0 Å². The van der Waals surface area contributed by atoms with E-state index in [1.165, 1.54) is 11.1 Å². The Kier molecular flexibility index (Phi) is 3.56. The number of aromatic nitrogens is 2. The fourth-order valence-electron chi connectivity index (χ4n) is 1.74. The Morgan fingerprint density at radius 1 is 1.11 bits per heavy atom. The lowest BCUT2D eigenvalue weighted by Crippen LogP contribution is -1.93. The third-order valence-electron chi connectivity index (χ3n) is 3.27. The average Bonchev–Trinajstić information content (AvgIpc) is 2.41. The third-order valence-corrected chi connectivity index (χ3v) is 3.27. The lowest BCUT2D eigenvalue weighted by molar-refractivity contribution is 1.16. The van der Waals surface area contributed by atoms with Crippen molar-refractivity contribution in [1.82, 2.24) is 9.97 Å². The monoisotopic (exact) mass is 238 g/mol. The van der Waals surface area contributed by atoms with Gasteiger partial charge < -0.3 is 0 Å². The number of benzene rings is 1. The molecular formula is C16H18N2. The molecular weight excluding hydrogens is 220 g/mol. The van der Waals surface area contributed by atoms with Gasteiger partial charge in [-0.1, -0.05) is 18.2 Å². The van der Waals surface area contributed by atoms with Gasteiger partial charge in [-0.3, -0.25) is 4.98 Å². The molecule has 1 aromatic carbocycles. The normalized spacial score (nSPS) is 11.7. The Bertz CT molecular complexity index is 598. The van der Waals surface area contributed by atoms with Gasteiger partial charge in [0, 0.05) is 5.56 Å². The van der Waals surface area contributed by atoms with Crippen molar-refractivity contribution in [1.29, 1.82) is 0 Å². The number of hydrogen-bond acceptors (Lipinski definition) is 2. The van der Waals surface area contributed by atoms with E-state index in [4.69, 9.17) is 0 Å². The Hall–Kier alpha value is -1.96. The van der Waals surface area contributed by atoms with Crippen molar-refractivity contribution in [3.63, 3.8) is 0 Å². The summed E-state index contributed by atoms with van der Waals surface area (Å²) in [5.41, 5.74) is 6.71. The highest BCUT2D eigenvalue weighted by Gasteiger charge is 2.04. The summed E-state index contributed by atoms with van der Waals surface area (Å²) < 4.78 is 0. The van der Waals surface area contributed by atoms with Crippen LogP contribution in [0.25, 0.3) is 16.8 Å². The van der Waals surface area contributed by atoms with Gasteiger partial charge in [-0.2, -0.15) is 0 Å². The smallest absolute Gasteiger partial charge is 0.0892 e. The average molecular weight is 238 g/mol. The molecule has 0 radical (unpaired) electrons. The maximum absolute atomic E-state index is 4.65. The van der Waals surface area contributed by atoms with Gasteiger partial charge >= 0.3 is 0 Å². The van der Waals surface area contributed by atoms with Crippen molar-refractivity contribution in [2.45, 2.75) is 27.7 Å². The quantitative estimate of drug-likeness (QED) is 0.784. The molecule has 1 heterocycles. The highest BCUT2D eigenvalue weighted by atomic mass is 14.8. The molecule has 2 nitrogen and oxygen atoms in total. The molecule has 18 heavy (non-hydrogen) atoms. The molecule has 0 fully saturated rings. The van der Waals surface area contributed by atoms with Crippen molar-refractivity contribution >= 4 is 5.57 Å². The van der Waals surface area contributed by atoms with Crippen LogP contribution in [0.15, 0.2) is 36.7 Å². The highest BCUT2D eigenvalue weighted by Crippen LogP contribution is 2.21. The van der Waals surface area contributed by atoms with Crippen LogP contribution in [-0.4, -0.2) is 9.97 Å². The zero-order chi connectivity index (χ0) is 13.1. The summed E-state index contributed by atoms with van der Waals surface area (Å²) in [4.78, 5) is 8.93. The van der Waals surface area contributed by atoms with Gasteiger partial charge in [-0.25, -0.2) is 4.98 Å². The van der Waals surface area contributed by atoms with Crippen LogP contribution in [-0.2, 0) is 0 Å². The predicted molar refractivity (Wildman–Crippen MR) is 76.3 cm³/mol. The molecule has 0 aliphatic heterocycles. The number of allylic oxidation sites excluding steroid dienone is 2. The number of rotatable bonds is 2. The van der Waals surface area contributed by atoms with Gasteiger partial charge in [-0.05, 0) is 50.5 Å². The summed E-state index contributed by atoms with van der Waals surface area (Å²) >= 11 is 0. The van der Waals surface area contributed by atoms with E-state index in [9.17, 15) is 0 Å². The topological polar surface area (TPSA) is 25.8 Å². The fraction of sp³-hybridized carbons (Fsp3) is 0.250. The highest BCUT2D eigenvalue weighted by molar-refractivity contribution is 5.65. The van der Waals surface area contributed by atoms with Crippen molar-refractivity contribution in [3.8, 4) is 11.3 Å². The summed E-state index contributed by atoms with van der Waals surface area (Å²) in [6, 6.07) is 6.39. The lowest BCUT2D eigenvalue weighted by atomic mass is 10.0. The van der Waals surface area contributed by atoms with Crippen LogP contribution in [0, 0.1) is 13.8 Å². The van der Waals surface area contributed by atoms with Crippen LogP contribution in [0.3, 0.4) is 0 Å². The summed E-state index contributed by atoms with van der Waals surface area (Å²) in [5, 5.41) is 0. The van der Waals surface area contributed by atoms with Crippen LogP contribution < -0.4 is 0 Å². The first-order valence-electron chi connectivity index (χ1n) is 6.15. The first-order valence-corrected chi connectivity index (χ1v) is 6.15. The third kappa shape index (κ3) is 2.48. The van der Waals surface area contributed by atoms with E-state index in [0.29, 0.717) is 0 Å².